The lowest BCUT2D eigenvalue weighted by Gasteiger charge is -2.18. The molecule has 3 aromatic carbocycles. The van der Waals surface area contributed by atoms with E-state index in [1.54, 1.807) is 18.2 Å². The Kier molecular flexibility index (Phi) is 5.25. The highest BCUT2D eigenvalue weighted by molar-refractivity contribution is 7.92. The molecule has 1 atom stereocenters. The summed E-state index contributed by atoms with van der Waals surface area (Å²) in [5.74, 6) is 0. The van der Waals surface area contributed by atoms with Crippen molar-refractivity contribution < 1.29 is 13.5 Å². The normalized spacial score (nSPS) is 13.1. The van der Waals surface area contributed by atoms with Crippen molar-refractivity contribution in [2.45, 2.75) is 19.1 Å². The van der Waals surface area contributed by atoms with E-state index in [-0.39, 0.29) is 6.42 Å². The highest BCUT2D eigenvalue weighted by Gasteiger charge is 2.18. The first kappa shape index (κ1) is 19.8. The van der Waals surface area contributed by atoms with Gasteiger partial charge < -0.3 is 9.67 Å². The van der Waals surface area contributed by atoms with E-state index >= 15 is 0 Å². The van der Waals surface area contributed by atoms with Crippen LogP contribution in [0.1, 0.15) is 5.56 Å². The van der Waals surface area contributed by atoms with E-state index in [0.717, 1.165) is 28.1 Å². The second-order valence-corrected chi connectivity index (χ2v) is 9.30. The van der Waals surface area contributed by atoms with Crippen LogP contribution in [0.4, 0.5) is 5.69 Å². The van der Waals surface area contributed by atoms with Crippen molar-refractivity contribution in [2.75, 3.05) is 11.0 Å². The molecule has 7 heteroatoms. The van der Waals surface area contributed by atoms with E-state index in [1.807, 2.05) is 36.4 Å². The topological polar surface area (TPSA) is 71.3 Å². The molecule has 2 N–H and O–H groups in total. The molecule has 0 spiro atoms. The SMILES string of the molecule is CS(=O)(=O)Nc1cccc(Cl)c1CC(O)Cn1c2ccccc2c2ccccc21. The molecule has 4 aromatic rings. The number of rotatable bonds is 6. The summed E-state index contributed by atoms with van der Waals surface area (Å²) in [6.07, 6.45) is 0.555. The smallest absolute Gasteiger partial charge is 0.229 e. The summed E-state index contributed by atoms with van der Waals surface area (Å²) in [4.78, 5) is 0. The second-order valence-electron chi connectivity index (χ2n) is 7.14. The lowest BCUT2D eigenvalue weighted by Crippen LogP contribution is -2.20. The minimum absolute atomic E-state index is 0.221. The van der Waals surface area contributed by atoms with Crippen LogP contribution in [0.15, 0.2) is 66.7 Å². The molecule has 1 aromatic heterocycles. The highest BCUT2D eigenvalue weighted by Crippen LogP contribution is 2.30. The van der Waals surface area contributed by atoms with E-state index in [0.29, 0.717) is 22.8 Å². The Balaban J connectivity index is 1.69. The molecule has 0 aliphatic carbocycles. The molecule has 4 rings (SSSR count). The van der Waals surface area contributed by atoms with Crippen LogP contribution >= 0.6 is 11.6 Å². The fraction of sp³-hybridized carbons (Fsp3) is 0.182. The summed E-state index contributed by atoms with van der Waals surface area (Å²) in [6, 6.07) is 21.2. The largest absolute Gasteiger partial charge is 0.391 e. The Morgan fingerprint density at radius 2 is 1.55 bits per heavy atom. The number of aliphatic hydroxyl groups is 1. The van der Waals surface area contributed by atoms with Gasteiger partial charge in [-0.3, -0.25) is 4.72 Å². The Morgan fingerprint density at radius 3 is 2.14 bits per heavy atom. The number of anilines is 1. The molecule has 29 heavy (non-hydrogen) atoms. The number of benzene rings is 3. The zero-order valence-electron chi connectivity index (χ0n) is 15.8. The molecular formula is C22H21ClN2O3S. The molecule has 0 aliphatic heterocycles. The van der Waals surface area contributed by atoms with Gasteiger partial charge in [-0.2, -0.15) is 0 Å². The third-order valence-corrected chi connectivity index (χ3v) is 5.87. The molecule has 0 aliphatic rings. The fourth-order valence-corrected chi connectivity index (χ4v) is 4.61. The van der Waals surface area contributed by atoms with Crippen LogP contribution in [0, 0.1) is 0 Å². The zero-order valence-corrected chi connectivity index (χ0v) is 17.4. The number of hydrogen-bond donors (Lipinski definition) is 2. The van der Waals surface area contributed by atoms with Gasteiger partial charge in [0, 0.05) is 39.8 Å². The summed E-state index contributed by atoms with van der Waals surface area (Å²) in [5, 5.41) is 13.6. The van der Waals surface area contributed by atoms with Crippen molar-refractivity contribution in [3.63, 3.8) is 0 Å². The lowest BCUT2D eigenvalue weighted by molar-refractivity contribution is 0.157. The average Bonchev–Trinajstić information content (AvgIpc) is 2.98. The molecule has 0 amide bonds. The fourth-order valence-electron chi connectivity index (χ4n) is 3.77. The Morgan fingerprint density at radius 1 is 0.966 bits per heavy atom. The van der Waals surface area contributed by atoms with E-state index < -0.39 is 16.1 Å². The van der Waals surface area contributed by atoms with Gasteiger partial charge in [0.15, 0.2) is 0 Å². The van der Waals surface area contributed by atoms with Gasteiger partial charge in [-0.05, 0) is 29.8 Å². The minimum Gasteiger partial charge on any atom is -0.391 e. The van der Waals surface area contributed by atoms with E-state index in [2.05, 4.69) is 21.4 Å². The van der Waals surface area contributed by atoms with Gasteiger partial charge >= 0.3 is 0 Å². The number of nitrogens with zero attached hydrogens (tertiary/aromatic N) is 1. The first-order chi connectivity index (χ1) is 13.8. The maximum absolute atomic E-state index is 11.7. The number of fused-ring (bicyclic) bond motifs is 3. The van der Waals surface area contributed by atoms with Crippen LogP contribution in [0.25, 0.3) is 21.8 Å². The third kappa shape index (κ3) is 4.10. The first-order valence-corrected chi connectivity index (χ1v) is 11.5. The molecule has 0 radical (unpaired) electrons. The molecule has 0 saturated carbocycles. The van der Waals surface area contributed by atoms with E-state index in [4.69, 9.17) is 11.6 Å². The van der Waals surface area contributed by atoms with Gasteiger partial charge in [-0.1, -0.05) is 54.1 Å². The molecule has 0 bridgehead atoms. The summed E-state index contributed by atoms with van der Waals surface area (Å²) in [7, 11) is -3.46. The van der Waals surface area contributed by atoms with Crippen molar-refractivity contribution >= 4 is 49.1 Å². The van der Waals surface area contributed by atoms with Gasteiger partial charge in [0.1, 0.15) is 0 Å². The van der Waals surface area contributed by atoms with Crippen molar-refractivity contribution in [3.8, 4) is 0 Å². The van der Waals surface area contributed by atoms with Crippen LogP contribution in [0.2, 0.25) is 5.02 Å². The predicted octanol–water partition coefficient (Wildman–Crippen LogP) is 4.42. The van der Waals surface area contributed by atoms with E-state index in [1.165, 1.54) is 0 Å². The number of halogens is 1. The molecule has 150 valence electrons. The van der Waals surface area contributed by atoms with Gasteiger partial charge in [0.05, 0.1) is 18.0 Å². The predicted molar refractivity (Wildman–Crippen MR) is 119 cm³/mol. The average molecular weight is 429 g/mol. The minimum atomic E-state index is -3.46. The zero-order chi connectivity index (χ0) is 20.6. The van der Waals surface area contributed by atoms with Crippen molar-refractivity contribution in [3.05, 3.63) is 77.3 Å². The number of aliphatic hydroxyl groups excluding tert-OH is 1. The summed E-state index contributed by atoms with van der Waals surface area (Å²) in [5.41, 5.74) is 3.05. The Labute approximate surface area is 174 Å². The number of nitrogens with one attached hydrogen (secondary N) is 1. The number of hydrogen-bond acceptors (Lipinski definition) is 3. The molecule has 5 nitrogen and oxygen atoms in total. The summed E-state index contributed by atoms with van der Waals surface area (Å²) >= 11 is 6.32. The van der Waals surface area contributed by atoms with Crippen molar-refractivity contribution in [1.82, 2.24) is 4.57 Å². The van der Waals surface area contributed by atoms with Crippen molar-refractivity contribution in [2.24, 2.45) is 0 Å². The van der Waals surface area contributed by atoms with Crippen LogP contribution in [0.5, 0.6) is 0 Å². The van der Waals surface area contributed by atoms with Crippen molar-refractivity contribution in [1.29, 1.82) is 0 Å². The van der Waals surface area contributed by atoms with E-state index in [9.17, 15) is 13.5 Å². The molecule has 1 heterocycles. The van der Waals surface area contributed by atoms with Gasteiger partial charge in [-0.25, -0.2) is 8.42 Å². The molecular weight excluding hydrogens is 408 g/mol. The number of aromatic nitrogens is 1. The summed E-state index contributed by atoms with van der Waals surface area (Å²) < 4.78 is 27.9. The Bertz CT molecular complexity index is 1240. The lowest BCUT2D eigenvalue weighted by atomic mass is 10.1. The molecule has 0 saturated heterocycles. The number of para-hydroxylation sites is 2. The maximum Gasteiger partial charge on any atom is 0.229 e. The van der Waals surface area contributed by atoms with Crippen LogP contribution < -0.4 is 4.72 Å². The molecule has 1 unspecified atom stereocenters. The monoisotopic (exact) mass is 428 g/mol. The second kappa shape index (κ2) is 7.71. The summed E-state index contributed by atoms with van der Waals surface area (Å²) in [6.45, 7) is 0.359. The van der Waals surface area contributed by atoms with Crippen LogP contribution in [-0.2, 0) is 23.0 Å². The highest BCUT2D eigenvalue weighted by atomic mass is 35.5. The van der Waals surface area contributed by atoms with Crippen LogP contribution in [0.3, 0.4) is 0 Å². The Hall–Kier alpha value is -2.54. The van der Waals surface area contributed by atoms with Gasteiger partial charge in [0.2, 0.25) is 10.0 Å². The third-order valence-electron chi connectivity index (χ3n) is 4.93. The molecule has 0 fully saturated rings. The maximum atomic E-state index is 11.7. The first-order valence-electron chi connectivity index (χ1n) is 9.23. The van der Waals surface area contributed by atoms with Gasteiger partial charge in [-0.15, -0.1) is 0 Å². The van der Waals surface area contributed by atoms with Crippen LogP contribution in [-0.4, -0.2) is 30.5 Å². The van der Waals surface area contributed by atoms with Gasteiger partial charge in [0.25, 0.3) is 0 Å². The standard InChI is InChI=1S/C22H21ClN2O3S/c1-29(27,28)24-20-10-6-9-19(23)18(20)13-15(26)14-25-21-11-4-2-7-16(21)17-8-3-5-12-22(17)25/h2-12,15,24,26H,13-14H2,1H3. The number of sulfonamides is 1. The quantitative estimate of drug-likeness (QED) is 0.477.